The van der Waals surface area contributed by atoms with Gasteiger partial charge in [0.25, 0.3) is 0 Å². The smallest absolute Gasteiger partial charge is 0.425 e. The molecule has 0 fully saturated rings. The van der Waals surface area contributed by atoms with E-state index >= 15 is 0 Å². The first-order valence-electron chi connectivity index (χ1n) is 4.88. The number of aromatic carboxylic acids is 1. The van der Waals surface area contributed by atoms with Gasteiger partial charge in [-0.25, -0.2) is 4.79 Å². The first-order valence-corrected chi connectivity index (χ1v) is 4.88. The molecule has 0 amide bonds. The molecule has 0 aliphatic heterocycles. The molecule has 104 valence electrons. The summed E-state index contributed by atoms with van der Waals surface area (Å²) in [7, 11) is 0. The zero-order chi connectivity index (χ0) is 14.8. The standard InChI is InChI=1S/C10H8F3NO5/c1-5(10(11,12)13)19-8-3-2-6(9(15)16)4-7(8)14(17)18/h2-5H,1H3,(H,15,16). The fraction of sp³-hybridized carbons (Fsp3) is 0.300. The van der Waals surface area contributed by atoms with Crippen molar-refractivity contribution in [3.05, 3.63) is 33.9 Å². The molecule has 1 rings (SSSR count). The van der Waals surface area contributed by atoms with Gasteiger partial charge in [0.15, 0.2) is 11.9 Å². The van der Waals surface area contributed by atoms with Crippen LogP contribution < -0.4 is 4.74 Å². The predicted molar refractivity (Wildman–Crippen MR) is 56.2 cm³/mol. The molecule has 0 aliphatic rings. The second-order valence-corrected chi connectivity index (χ2v) is 3.55. The van der Waals surface area contributed by atoms with E-state index in [2.05, 4.69) is 4.74 Å². The fourth-order valence-electron chi connectivity index (χ4n) is 1.15. The third-order valence-corrected chi connectivity index (χ3v) is 2.17. The molecule has 6 nitrogen and oxygen atoms in total. The molecule has 0 spiro atoms. The van der Waals surface area contributed by atoms with E-state index in [9.17, 15) is 28.1 Å². The minimum Gasteiger partial charge on any atom is -0.478 e. The van der Waals surface area contributed by atoms with Crippen molar-refractivity contribution in [1.82, 2.24) is 0 Å². The minimum absolute atomic E-state index is 0.418. The van der Waals surface area contributed by atoms with E-state index in [0.29, 0.717) is 13.0 Å². The van der Waals surface area contributed by atoms with E-state index < -0.39 is 40.2 Å². The van der Waals surface area contributed by atoms with E-state index in [1.54, 1.807) is 0 Å². The lowest BCUT2D eigenvalue weighted by molar-refractivity contribution is -0.386. The number of nitrogens with zero attached hydrogens (tertiary/aromatic N) is 1. The number of carbonyl (C=O) groups is 1. The van der Waals surface area contributed by atoms with Crippen molar-refractivity contribution < 1.29 is 32.7 Å². The maximum Gasteiger partial charge on any atom is 0.425 e. The van der Waals surface area contributed by atoms with Crippen LogP contribution in [0.1, 0.15) is 17.3 Å². The Balaban J connectivity index is 3.14. The monoisotopic (exact) mass is 279 g/mol. The number of benzene rings is 1. The quantitative estimate of drug-likeness (QED) is 0.675. The number of nitro groups is 1. The van der Waals surface area contributed by atoms with Gasteiger partial charge in [-0.2, -0.15) is 13.2 Å². The number of rotatable bonds is 4. The fourth-order valence-corrected chi connectivity index (χ4v) is 1.15. The highest BCUT2D eigenvalue weighted by Crippen LogP contribution is 2.32. The van der Waals surface area contributed by atoms with Crippen LogP contribution in [0.15, 0.2) is 18.2 Å². The number of carboxylic acids is 1. The van der Waals surface area contributed by atoms with Gasteiger partial charge >= 0.3 is 17.8 Å². The van der Waals surface area contributed by atoms with E-state index in [0.717, 1.165) is 12.1 Å². The average Bonchev–Trinajstić information content (AvgIpc) is 2.27. The number of nitro benzene ring substituents is 1. The van der Waals surface area contributed by atoms with Crippen LogP contribution >= 0.6 is 0 Å². The van der Waals surface area contributed by atoms with Gasteiger partial charge in [0.05, 0.1) is 10.5 Å². The Kier molecular flexibility index (Phi) is 3.98. The molecule has 0 saturated carbocycles. The summed E-state index contributed by atoms with van der Waals surface area (Å²) in [5.74, 6) is -2.07. The summed E-state index contributed by atoms with van der Waals surface area (Å²) in [5, 5.41) is 19.3. The van der Waals surface area contributed by atoms with Crippen molar-refractivity contribution in [2.45, 2.75) is 19.2 Å². The Labute approximate surface area is 104 Å². The molecular weight excluding hydrogens is 271 g/mol. The van der Waals surface area contributed by atoms with Gasteiger partial charge in [-0.15, -0.1) is 0 Å². The van der Waals surface area contributed by atoms with Crippen LogP contribution in [0.2, 0.25) is 0 Å². The number of carboxylic acid groups (broad SMARTS) is 1. The zero-order valence-corrected chi connectivity index (χ0v) is 9.47. The summed E-state index contributed by atoms with van der Waals surface area (Å²) >= 11 is 0. The Morgan fingerprint density at radius 2 is 2.05 bits per heavy atom. The summed E-state index contributed by atoms with van der Waals surface area (Å²) in [4.78, 5) is 20.3. The van der Waals surface area contributed by atoms with Crippen LogP contribution in [-0.4, -0.2) is 28.3 Å². The number of hydrogen-bond donors (Lipinski definition) is 1. The number of ether oxygens (including phenoxy) is 1. The van der Waals surface area contributed by atoms with Crippen molar-refractivity contribution in [1.29, 1.82) is 0 Å². The first kappa shape index (κ1) is 14.7. The molecule has 0 aliphatic carbocycles. The highest BCUT2D eigenvalue weighted by Gasteiger charge is 2.39. The summed E-state index contributed by atoms with van der Waals surface area (Å²) in [6.45, 7) is 0.689. The Bertz CT molecular complexity index is 514. The van der Waals surface area contributed by atoms with Gasteiger partial charge in [0.2, 0.25) is 0 Å². The molecule has 19 heavy (non-hydrogen) atoms. The van der Waals surface area contributed by atoms with Crippen LogP contribution in [0.3, 0.4) is 0 Å². The molecule has 1 aromatic carbocycles. The van der Waals surface area contributed by atoms with Gasteiger partial charge in [0.1, 0.15) is 0 Å². The molecule has 1 aromatic rings. The lowest BCUT2D eigenvalue weighted by atomic mass is 10.2. The Morgan fingerprint density at radius 1 is 1.47 bits per heavy atom. The van der Waals surface area contributed by atoms with Crippen molar-refractivity contribution >= 4 is 11.7 Å². The van der Waals surface area contributed by atoms with E-state index in [4.69, 9.17) is 5.11 Å². The summed E-state index contributed by atoms with van der Waals surface area (Å²) in [6.07, 6.45) is -6.93. The van der Waals surface area contributed by atoms with Gasteiger partial charge in [0, 0.05) is 6.07 Å². The normalized spacial score (nSPS) is 12.8. The molecule has 0 radical (unpaired) electrons. The van der Waals surface area contributed by atoms with Crippen molar-refractivity contribution in [3.8, 4) is 5.75 Å². The van der Waals surface area contributed by atoms with E-state index in [1.807, 2.05) is 0 Å². The summed E-state index contributed by atoms with van der Waals surface area (Å²) in [6, 6.07) is 2.39. The second-order valence-electron chi connectivity index (χ2n) is 3.55. The SMILES string of the molecule is CC(Oc1ccc(C(=O)O)cc1[N+](=O)[O-])C(F)(F)F. The van der Waals surface area contributed by atoms with Crippen LogP contribution in [0, 0.1) is 10.1 Å². The Morgan fingerprint density at radius 3 is 2.47 bits per heavy atom. The lowest BCUT2D eigenvalue weighted by Crippen LogP contribution is -2.31. The molecule has 1 unspecified atom stereocenters. The van der Waals surface area contributed by atoms with Gasteiger partial charge < -0.3 is 9.84 Å². The van der Waals surface area contributed by atoms with Gasteiger partial charge in [-0.3, -0.25) is 10.1 Å². The van der Waals surface area contributed by atoms with Crippen molar-refractivity contribution in [2.24, 2.45) is 0 Å². The van der Waals surface area contributed by atoms with Crippen LogP contribution in [0.4, 0.5) is 18.9 Å². The molecule has 9 heteroatoms. The number of hydrogen-bond acceptors (Lipinski definition) is 4. The predicted octanol–water partition coefficient (Wildman–Crippen LogP) is 2.62. The highest BCUT2D eigenvalue weighted by atomic mass is 19.4. The van der Waals surface area contributed by atoms with Crippen LogP contribution in [0.5, 0.6) is 5.75 Å². The molecule has 1 N–H and O–H groups in total. The molecule has 0 aromatic heterocycles. The third-order valence-electron chi connectivity index (χ3n) is 2.17. The van der Waals surface area contributed by atoms with Crippen molar-refractivity contribution in [3.63, 3.8) is 0 Å². The highest BCUT2D eigenvalue weighted by molar-refractivity contribution is 5.88. The topological polar surface area (TPSA) is 89.7 Å². The Hall–Kier alpha value is -2.32. The van der Waals surface area contributed by atoms with Crippen molar-refractivity contribution in [2.75, 3.05) is 0 Å². The van der Waals surface area contributed by atoms with Crippen LogP contribution in [-0.2, 0) is 0 Å². The maximum atomic E-state index is 12.3. The third kappa shape index (κ3) is 3.57. The molecule has 0 heterocycles. The zero-order valence-electron chi connectivity index (χ0n) is 9.47. The molecular formula is C10H8F3NO5. The van der Waals surface area contributed by atoms with Gasteiger partial charge in [-0.05, 0) is 19.1 Å². The number of alkyl halides is 3. The molecule has 0 bridgehead atoms. The largest absolute Gasteiger partial charge is 0.478 e. The van der Waals surface area contributed by atoms with Gasteiger partial charge in [-0.1, -0.05) is 0 Å². The second kappa shape index (κ2) is 5.12. The van der Waals surface area contributed by atoms with Crippen LogP contribution in [0.25, 0.3) is 0 Å². The molecule has 1 atom stereocenters. The van der Waals surface area contributed by atoms with E-state index in [1.165, 1.54) is 0 Å². The van der Waals surface area contributed by atoms with E-state index in [-0.39, 0.29) is 0 Å². The number of halogens is 3. The molecule has 0 saturated heterocycles. The lowest BCUT2D eigenvalue weighted by Gasteiger charge is -2.17. The summed E-state index contributed by atoms with van der Waals surface area (Å²) in [5.41, 5.74) is -1.25. The minimum atomic E-state index is -4.68. The maximum absolute atomic E-state index is 12.3. The first-order chi connectivity index (χ1) is 8.62. The summed E-state index contributed by atoms with van der Waals surface area (Å²) < 4.78 is 41.3. The average molecular weight is 279 g/mol.